The van der Waals surface area contributed by atoms with Gasteiger partial charge in [-0.3, -0.25) is 19.1 Å². The van der Waals surface area contributed by atoms with Gasteiger partial charge in [-0.15, -0.1) is 0 Å². The molecule has 2 heterocycles. The van der Waals surface area contributed by atoms with E-state index in [1.807, 2.05) is 30.3 Å². The molecule has 0 radical (unpaired) electrons. The molecule has 3 aromatic rings. The van der Waals surface area contributed by atoms with E-state index in [0.717, 1.165) is 16.8 Å². The van der Waals surface area contributed by atoms with Gasteiger partial charge < -0.3 is 29.2 Å². The minimum atomic E-state index is -1.16. The Labute approximate surface area is 338 Å². The number of amidine groups is 1. The second-order valence-corrected chi connectivity index (χ2v) is 16.6. The summed E-state index contributed by atoms with van der Waals surface area (Å²) in [5.74, 6) is -1.77. The third-order valence-electron chi connectivity index (χ3n) is 8.06. The summed E-state index contributed by atoms with van der Waals surface area (Å²) in [6.45, 7) is 17.1. The first-order chi connectivity index (χ1) is 27.0. The van der Waals surface area contributed by atoms with Crippen LogP contribution in [0, 0.1) is 0 Å². The number of benzene rings is 2. The number of aliphatic imine (C=N–C) groups is 1. The summed E-state index contributed by atoms with van der Waals surface area (Å²) in [4.78, 5) is 86.5. The molecule has 0 unspecified atom stereocenters. The standard InChI is InChI=1S/C42H54N6O10/c1-11-55-33(49)26-47-25-30-24-46(22-21-31(30)45-47)36(51)32(23-27-15-13-12-14-16-27)43-35(50)29-19-17-28(18-20-29)34(44-37(52)56-40(2,3)4)48(38(53)57-41(5,6)7)39(54)58-42(8,9)10/h12-20,25,32H,11,21-24,26H2,1-10H3,(H,43,50)/b44-34+/t32-/m0/s1. The van der Waals surface area contributed by atoms with Crippen molar-refractivity contribution < 1.29 is 47.7 Å². The topological polar surface area (TPSA) is 188 Å². The van der Waals surface area contributed by atoms with Crippen molar-refractivity contribution in [3.8, 4) is 0 Å². The molecule has 0 saturated heterocycles. The van der Waals surface area contributed by atoms with Gasteiger partial charge in [0, 0.05) is 48.8 Å². The molecule has 1 N–H and O–H groups in total. The first-order valence-electron chi connectivity index (χ1n) is 19.0. The van der Waals surface area contributed by atoms with E-state index in [2.05, 4.69) is 15.4 Å². The van der Waals surface area contributed by atoms with E-state index >= 15 is 0 Å². The fourth-order valence-electron chi connectivity index (χ4n) is 5.74. The fraction of sp³-hybridized carbons (Fsp3) is 0.476. The Hall–Kier alpha value is -6.06. The summed E-state index contributed by atoms with van der Waals surface area (Å²) >= 11 is 0. The number of amides is 5. The lowest BCUT2D eigenvalue weighted by atomic mass is 10.0. The molecule has 0 bridgehead atoms. The summed E-state index contributed by atoms with van der Waals surface area (Å²) in [5, 5.41) is 7.39. The molecule has 0 saturated carbocycles. The van der Waals surface area contributed by atoms with Crippen molar-refractivity contribution >= 4 is 41.9 Å². The molecule has 312 valence electrons. The molecular weight excluding hydrogens is 748 g/mol. The van der Waals surface area contributed by atoms with Crippen molar-refractivity contribution in [2.45, 2.75) is 118 Å². The van der Waals surface area contributed by atoms with Crippen LogP contribution in [-0.4, -0.2) is 97.5 Å². The molecule has 4 rings (SSSR count). The Kier molecular flexibility index (Phi) is 14.2. The number of nitrogens with zero attached hydrogens (tertiary/aromatic N) is 5. The molecule has 1 aliphatic heterocycles. The molecule has 1 aliphatic rings. The van der Waals surface area contributed by atoms with Crippen LogP contribution in [0.2, 0.25) is 0 Å². The van der Waals surface area contributed by atoms with Crippen molar-refractivity contribution in [1.82, 2.24) is 24.9 Å². The highest BCUT2D eigenvalue weighted by atomic mass is 16.6. The number of esters is 1. The summed E-state index contributed by atoms with van der Waals surface area (Å²) in [6, 6.07) is 13.9. The lowest BCUT2D eigenvalue weighted by molar-refractivity contribution is -0.144. The first kappa shape index (κ1) is 44.7. The van der Waals surface area contributed by atoms with Crippen molar-refractivity contribution in [2.75, 3.05) is 13.2 Å². The number of ether oxygens (including phenoxy) is 4. The van der Waals surface area contributed by atoms with Gasteiger partial charge in [-0.05, 0) is 86.9 Å². The zero-order valence-corrected chi connectivity index (χ0v) is 34.9. The van der Waals surface area contributed by atoms with Crippen LogP contribution in [0.4, 0.5) is 14.4 Å². The third-order valence-corrected chi connectivity index (χ3v) is 8.06. The SMILES string of the molecule is CCOC(=O)Cn1cc2c(n1)CCN(C(=O)[C@H](Cc1ccccc1)NC(=O)c1ccc(/C(=N\C(=O)OC(C)(C)C)N(C(=O)OC(C)(C)C)C(=O)OC(C)(C)C)cc1)C2. The molecule has 58 heavy (non-hydrogen) atoms. The summed E-state index contributed by atoms with van der Waals surface area (Å²) in [6.07, 6.45) is -1.04. The Morgan fingerprint density at radius 3 is 1.93 bits per heavy atom. The quantitative estimate of drug-likeness (QED) is 0.112. The number of hydrogen-bond acceptors (Lipinski definition) is 11. The average molecular weight is 803 g/mol. The van der Waals surface area contributed by atoms with Gasteiger partial charge in [0.2, 0.25) is 5.91 Å². The van der Waals surface area contributed by atoms with Crippen LogP contribution in [0.25, 0.3) is 0 Å². The van der Waals surface area contributed by atoms with Crippen LogP contribution in [0.1, 0.15) is 102 Å². The summed E-state index contributed by atoms with van der Waals surface area (Å²) in [7, 11) is 0. The Balaban J connectivity index is 1.64. The van der Waals surface area contributed by atoms with Crippen LogP contribution in [0.5, 0.6) is 0 Å². The Bertz CT molecular complexity index is 1980. The predicted molar refractivity (Wildman–Crippen MR) is 213 cm³/mol. The normalized spacial score (nSPS) is 13.8. The molecule has 0 aliphatic carbocycles. The van der Waals surface area contributed by atoms with E-state index < -0.39 is 58.8 Å². The highest BCUT2D eigenvalue weighted by Gasteiger charge is 2.37. The highest BCUT2D eigenvalue weighted by Crippen LogP contribution is 2.22. The number of aromatic nitrogens is 2. The second-order valence-electron chi connectivity index (χ2n) is 16.6. The highest BCUT2D eigenvalue weighted by molar-refractivity contribution is 6.18. The molecule has 16 nitrogen and oxygen atoms in total. The first-order valence-corrected chi connectivity index (χ1v) is 19.0. The predicted octanol–water partition coefficient (Wildman–Crippen LogP) is 6.23. The largest absolute Gasteiger partial charge is 0.465 e. The monoisotopic (exact) mass is 802 g/mol. The zero-order valence-electron chi connectivity index (χ0n) is 34.9. The zero-order chi connectivity index (χ0) is 43.0. The summed E-state index contributed by atoms with van der Waals surface area (Å²) < 4.78 is 23.0. The number of fused-ring (bicyclic) bond motifs is 1. The van der Waals surface area contributed by atoms with E-state index in [9.17, 15) is 28.8 Å². The molecule has 1 aromatic heterocycles. The maximum absolute atomic E-state index is 14.2. The maximum Gasteiger partial charge on any atom is 0.436 e. The van der Waals surface area contributed by atoms with Crippen LogP contribution in [-0.2, 0) is 54.5 Å². The number of rotatable bonds is 9. The molecule has 16 heteroatoms. The van der Waals surface area contributed by atoms with Gasteiger partial charge in [0.25, 0.3) is 5.91 Å². The van der Waals surface area contributed by atoms with Gasteiger partial charge in [0.05, 0.1) is 12.3 Å². The lowest BCUT2D eigenvalue weighted by Crippen LogP contribution is -2.50. The molecule has 0 fully saturated rings. The molecule has 1 atom stereocenters. The fourth-order valence-corrected chi connectivity index (χ4v) is 5.74. The van der Waals surface area contributed by atoms with Crippen molar-refractivity contribution in [3.05, 3.63) is 88.7 Å². The van der Waals surface area contributed by atoms with Gasteiger partial charge in [-0.25, -0.2) is 14.4 Å². The molecule has 5 amide bonds. The van der Waals surface area contributed by atoms with Gasteiger partial charge in [0.1, 0.15) is 29.4 Å². The number of carbonyl (C=O) groups excluding carboxylic acids is 6. The molecule has 0 spiro atoms. The van der Waals surface area contributed by atoms with Crippen molar-refractivity contribution in [2.24, 2.45) is 4.99 Å². The van der Waals surface area contributed by atoms with Gasteiger partial charge in [-0.1, -0.05) is 42.5 Å². The smallest absolute Gasteiger partial charge is 0.436 e. The van der Waals surface area contributed by atoms with Crippen LogP contribution in [0.15, 0.2) is 65.8 Å². The van der Waals surface area contributed by atoms with Crippen molar-refractivity contribution in [3.63, 3.8) is 0 Å². The van der Waals surface area contributed by atoms with E-state index in [1.54, 1.807) is 80.3 Å². The van der Waals surface area contributed by atoms with E-state index in [0.29, 0.717) is 17.9 Å². The third kappa shape index (κ3) is 13.3. The van der Waals surface area contributed by atoms with E-state index in [4.69, 9.17) is 18.9 Å². The maximum atomic E-state index is 14.2. The minimum Gasteiger partial charge on any atom is -0.465 e. The van der Waals surface area contributed by atoms with Gasteiger partial charge in [-0.2, -0.15) is 15.0 Å². The lowest BCUT2D eigenvalue weighted by Gasteiger charge is -2.30. The molecular formula is C42H54N6O10. The average Bonchev–Trinajstić information content (AvgIpc) is 3.50. The van der Waals surface area contributed by atoms with Crippen molar-refractivity contribution in [1.29, 1.82) is 0 Å². The van der Waals surface area contributed by atoms with Crippen LogP contribution >= 0.6 is 0 Å². The second kappa shape index (κ2) is 18.5. The molecule has 2 aromatic carbocycles. The Morgan fingerprint density at radius 2 is 1.38 bits per heavy atom. The van der Waals surface area contributed by atoms with Gasteiger partial charge in [0.15, 0.2) is 5.84 Å². The number of imide groups is 1. The number of hydrogen-bond donors (Lipinski definition) is 1. The number of carbonyl (C=O) groups is 6. The Morgan fingerprint density at radius 1 is 0.810 bits per heavy atom. The minimum absolute atomic E-state index is 0.0470. The van der Waals surface area contributed by atoms with Crippen LogP contribution in [0.3, 0.4) is 0 Å². The number of nitrogens with one attached hydrogen (secondary N) is 1. The van der Waals surface area contributed by atoms with E-state index in [1.165, 1.54) is 28.9 Å². The van der Waals surface area contributed by atoms with E-state index in [-0.39, 0.29) is 43.2 Å². The summed E-state index contributed by atoms with van der Waals surface area (Å²) in [5.41, 5.74) is -0.462. The van der Waals surface area contributed by atoms with Crippen LogP contribution < -0.4 is 5.32 Å². The van der Waals surface area contributed by atoms with Gasteiger partial charge >= 0.3 is 24.2 Å².